The quantitative estimate of drug-likeness (QED) is 0.212. The van der Waals surface area contributed by atoms with E-state index < -0.39 is 0 Å². The van der Waals surface area contributed by atoms with Gasteiger partial charge in [-0.05, 0) is 39.7 Å². The molecule has 2 heterocycles. The fourth-order valence-corrected chi connectivity index (χ4v) is 3.96. The highest BCUT2D eigenvalue weighted by Gasteiger charge is 2.31. The lowest BCUT2D eigenvalue weighted by Gasteiger charge is -2.41. The third-order valence-electron chi connectivity index (χ3n) is 5.78. The number of nitrogens with zero attached hydrogens (tertiary/aromatic N) is 4. The Balaban J connectivity index is 0.00000420. The summed E-state index contributed by atoms with van der Waals surface area (Å²) in [6.45, 7) is 11.7. The van der Waals surface area contributed by atoms with Crippen molar-refractivity contribution in [1.29, 1.82) is 0 Å². The van der Waals surface area contributed by atoms with Gasteiger partial charge >= 0.3 is 0 Å². The van der Waals surface area contributed by atoms with Gasteiger partial charge in [-0.1, -0.05) is 0 Å². The molecule has 0 aromatic heterocycles. The van der Waals surface area contributed by atoms with Gasteiger partial charge in [0.1, 0.15) is 0 Å². The zero-order valence-corrected chi connectivity index (χ0v) is 21.2. The molecule has 8 nitrogen and oxygen atoms in total. The smallest absolute Gasteiger partial charge is 0.239 e. The van der Waals surface area contributed by atoms with Crippen molar-refractivity contribution in [2.24, 2.45) is 4.99 Å². The van der Waals surface area contributed by atoms with Crippen molar-refractivity contribution in [3.63, 3.8) is 0 Å². The van der Waals surface area contributed by atoms with Gasteiger partial charge in [0.05, 0.1) is 19.3 Å². The predicted molar refractivity (Wildman–Crippen MR) is 129 cm³/mol. The minimum Gasteiger partial charge on any atom is -0.379 e. The van der Waals surface area contributed by atoms with Crippen LogP contribution in [0.4, 0.5) is 0 Å². The van der Waals surface area contributed by atoms with Gasteiger partial charge in [0.15, 0.2) is 5.96 Å². The molecule has 1 amide bonds. The average molecular weight is 524 g/mol. The molecule has 2 aliphatic heterocycles. The van der Waals surface area contributed by atoms with Gasteiger partial charge < -0.3 is 20.3 Å². The number of rotatable bonds is 8. The van der Waals surface area contributed by atoms with Crippen molar-refractivity contribution >= 4 is 35.8 Å². The van der Waals surface area contributed by atoms with E-state index in [1.807, 2.05) is 21.1 Å². The number of hydrogen-bond acceptors (Lipinski definition) is 5. The standard InChI is InChI=1S/C20H40N6O2.HI/c1-20(2,26-12-14-28-15-13-26)16-23-19(21-3)22-9-7-11-25-10-6-8-17(25)18(27)24(4)5;/h17H,6-16H2,1-5H3,(H2,21,22,23);1H. The number of morpholine rings is 1. The fraction of sp³-hybridized carbons (Fsp3) is 0.900. The second-order valence-corrected chi connectivity index (χ2v) is 8.54. The summed E-state index contributed by atoms with van der Waals surface area (Å²) in [5.74, 6) is 1.07. The lowest BCUT2D eigenvalue weighted by Crippen LogP contribution is -2.56. The van der Waals surface area contributed by atoms with Crippen LogP contribution in [0.1, 0.15) is 33.1 Å². The van der Waals surface area contributed by atoms with Crippen LogP contribution in [0.15, 0.2) is 4.99 Å². The summed E-state index contributed by atoms with van der Waals surface area (Å²) in [5.41, 5.74) is 0.0523. The summed E-state index contributed by atoms with van der Waals surface area (Å²) in [6.07, 6.45) is 3.08. The molecule has 1 atom stereocenters. The molecule has 29 heavy (non-hydrogen) atoms. The molecule has 2 fully saturated rings. The molecule has 0 radical (unpaired) electrons. The molecule has 0 aromatic carbocycles. The van der Waals surface area contributed by atoms with E-state index in [9.17, 15) is 4.79 Å². The molecule has 0 spiro atoms. The van der Waals surface area contributed by atoms with Gasteiger partial charge in [-0.25, -0.2) is 0 Å². The largest absolute Gasteiger partial charge is 0.379 e. The Morgan fingerprint density at radius 1 is 1.21 bits per heavy atom. The van der Waals surface area contributed by atoms with E-state index in [0.29, 0.717) is 0 Å². The molecule has 0 bridgehead atoms. The topological polar surface area (TPSA) is 72.4 Å². The van der Waals surface area contributed by atoms with Gasteiger partial charge in [-0.3, -0.25) is 19.6 Å². The van der Waals surface area contributed by atoms with Crippen molar-refractivity contribution in [2.75, 3.05) is 73.6 Å². The number of ether oxygens (including phenoxy) is 1. The summed E-state index contributed by atoms with van der Waals surface area (Å²) < 4.78 is 5.46. The maximum atomic E-state index is 12.3. The second-order valence-electron chi connectivity index (χ2n) is 8.54. The zero-order chi connectivity index (χ0) is 20.6. The maximum Gasteiger partial charge on any atom is 0.239 e. The molecule has 0 aliphatic carbocycles. The molecule has 2 saturated heterocycles. The first-order valence-electron chi connectivity index (χ1n) is 10.6. The Kier molecular flexibility index (Phi) is 11.7. The van der Waals surface area contributed by atoms with E-state index in [1.54, 1.807) is 4.90 Å². The highest BCUT2D eigenvalue weighted by Crippen LogP contribution is 2.18. The monoisotopic (exact) mass is 524 g/mol. The number of aliphatic imine (C=N–C) groups is 1. The van der Waals surface area contributed by atoms with Crippen molar-refractivity contribution in [3.05, 3.63) is 0 Å². The van der Waals surface area contributed by atoms with Crippen molar-refractivity contribution in [2.45, 2.75) is 44.7 Å². The molecule has 1 unspecified atom stereocenters. The third-order valence-corrected chi connectivity index (χ3v) is 5.78. The Bertz CT molecular complexity index is 523. The summed E-state index contributed by atoms with van der Waals surface area (Å²) >= 11 is 0. The number of guanidine groups is 1. The molecule has 170 valence electrons. The van der Waals surface area contributed by atoms with E-state index in [0.717, 1.165) is 77.7 Å². The summed E-state index contributed by atoms with van der Waals surface area (Å²) in [5, 5.41) is 6.87. The molecule has 0 saturated carbocycles. The van der Waals surface area contributed by atoms with E-state index in [4.69, 9.17) is 4.74 Å². The first-order chi connectivity index (χ1) is 13.3. The molecule has 2 N–H and O–H groups in total. The van der Waals surface area contributed by atoms with Gasteiger partial charge in [0, 0.05) is 59.4 Å². The number of amides is 1. The zero-order valence-electron chi connectivity index (χ0n) is 18.9. The van der Waals surface area contributed by atoms with E-state index in [-0.39, 0.29) is 41.5 Å². The van der Waals surface area contributed by atoms with Crippen LogP contribution in [0.2, 0.25) is 0 Å². The minimum atomic E-state index is 0. The van der Waals surface area contributed by atoms with E-state index in [1.165, 1.54) is 0 Å². The fourth-order valence-electron chi connectivity index (χ4n) is 3.96. The predicted octanol–water partition coefficient (Wildman–Crippen LogP) is 0.823. The van der Waals surface area contributed by atoms with Crippen LogP contribution in [0, 0.1) is 0 Å². The van der Waals surface area contributed by atoms with Crippen LogP contribution in [-0.4, -0.2) is 112 Å². The van der Waals surface area contributed by atoms with Crippen molar-refractivity contribution in [3.8, 4) is 0 Å². The van der Waals surface area contributed by atoms with Gasteiger partial charge in [-0.15, -0.1) is 24.0 Å². The molecular formula is C20H41IN6O2. The van der Waals surface area contributed by atoms with E-state index >= 15 is 0 Å². The maximum absolute atomic E-state index is 12.3. The average Bonchev–Trinajstić information content (AvgIpc) is 3.15. The molecule has 0 aromatic rings. The number of likely N-dealkylation sites (tertiary alicyclic amines) is 1. The van der Waals surface area contributed by atoms with Gasteiger partial charge in [0.2, 0.25) is 5.91 Å². The number of halogens is 1. The minimum absolute atomic E-state index is 0. The van der Waals surface area contributed by atoms with Gasteiger partial charge in [-0.2, -0.15) is 0 Å². The summed E-state index contributed by atoms with van der Waals surface area (Å²) in [4.78, 5) is 23.1. The van der Waals surface area contributed by atoms with Crippen LogP contribution in [-0.2, 0) is 9.53 Å². The molecule has 2 rings (SSSR count). The Morgan fingerprint density at radius 2 is 1.90 bits per heavy atom. The lowest BCUT2D eigenvalue weighted by molar-refractivity contribution is -0.133. The molecular weight excluding hydrogens is 483 g/mol. The van der Waals surface area contributed by atoms with Crippen LogP contribution in [0.25, 0.3) is 0 Å². The second kappa shape index (κ2) is 12.9. The first kappa shape index (κ1) is 26.4. The highest BCUT2D eigenvalue weighted by molar-refractivity contribution is 14.0. The Morgan fingerprint density at radius 3 is 2.52 bits per heavy atom. The third kappa shape index (κ3) is 8.18. The number of carbonyl (C=O) groups is 1. The van der Waals surface area contributed by atoms with Crippen molar-refractivity contribution in [1.82, 2.24) is 25.3 Å². The number of likely N-dealkylation sites (N-methyl/N-ethyl adjacent to an activating group) is 1. The number of nitrogens with one attached hydrogen (secondary N) is 2. The van der Waals surface area contributed by atoms with Crippen LogP contribution < -0.4 is 10.6 Å². The van der Waals surface area contributed by atoms with Gasteiger partial charge in [0.25, 0.3) is 0 Å². The molecule has 2 aliphatic rings. The Labute approximate surface area is 193 Å². The van der Waals surface area contributed by atoms with E-state index in [2.05, 4.69) is 39.3 Å². The molecule has 9 heteroatoms. The summed E-state index contributed by atoms with van der Waals surface area (Å²) in [6, 6.07) is 0.0572. The number of carbonyl (C=O) groups excluding carboxylic acids is 1. The summed E-state index contributed by atoms with van der Waals surface area (Å²) in [7, 11) is 5.49. The van der Waals surface area contributed by atoms with Crippen LogP contribution >= 0.6 is 24.0 Å². The van der Waals surface area contributed by atoms with Crippen LogP contribution in [0.3, 0.4) is 0 Å². The van der Waals surface area contributed by atoms with Crippen LogP contribution in [0.5, 0.6) is 0 Å². The number of hydrogen-bond donors (Lipinski definition) is 2. The normalized spacial score (nSPS) is 21.6. The first-order valence-corrected chi connectivity index (χ1v) is 10.6. The van der Waals surface area contributed by atoms with Crippen molar-refractivity contribution < 1.29 is 9.53 Å². The Hall–Kier alpha value is -0.650. The lowest BCUT2D eigenvalue weighted by atomic mass is 10.0. The highest BCUT2D eigenvalue weighted by atomic mass is 127. The SMILES string of the molecule is CN=C(NCCCN1CCCC1C(=O)N(C)C)NCC(C)(C)N1CCOCC1.I.